The molecule has 7 heteroatoms. The number of hydrogen-bond donors (Lipinski definition) is 0. The fourth-order valence-corrected chi connectivity index (χ4v) is 5.15. The molecule has 2 saturated heterocycles. The van der Waals surface area contributed by atoms with Gasteiger partial charge in [0.15, 0.2) is 5.79 Å². The van der Waals surface area contributed by atoms with Crippen molar-refractivity contribution in [3.05, 3.63) is 83.1 Å². The van der Waals surface area contributed by atoms with E-state index in [0.717, 1.165) is 16.8 Å². The van der Waals surface area contributed by atoms with Gasteiger partial charge in [-0.15, -0.1) is 0 Å². The van der Waals surface area contributed by atoms with Gasteiger partial charge in [-0.3, -0.25) is 0 Å². The zero-order valence-corrected chi connectivity index (χ0v) is 23.6. The molecule has 0 radical (unpaired) electrons. The molecular formula is C32H41NO6. The SMILES string of the molecule is CC(C)(C)OC(=O)C1CC/C(=C(\CCCC2(C)OCCO2)C(=O)OCc2ccccc2)N1Cc1ccccc1. The highest BCUT2D eigenvalue weighted by atomic mass is 16.7. The summed E-state index contributed by atoms with van der Waals surface area (Å²) in [7, 11) is 0. The van der Waals surface area contributed by atoms with E-state index in [1.54, 1.807) is 0 Å². The average Bonchev–Trinajstić information content (AvgIpc) is 3.52. The molecule has 2 aromatic carbocycles. The Bertz CT molecular complexity index is 1130. The van der Waals surface area contributed by atoms with E-state index in [2.05, 4.69) is 0 Å². The van der Waals surface area contributed by atoms with Gasteiger partial charge in [0.05, 0.1) is 18.8 Å². The molecular weight excluding hydrogens is 494 g/mol. The van der Waals surface area contributed by atoms with Gasteiger partial charge in [-0.05, 0) is 64.5 Å². The van der Waals surface area contributed by atoms with Gasteiger partial charge in [-0.2, -0.15) is 0 Å². The maximum atomic E-state index is 13.6. The first-order valence-electron chi connectivity index (χ1n) is 13.9. The molecule has 0 saturated carbocycles. The van der Waals surface area contributed by atoms with Gasteiger partial charge in [0.25, 0.3) is 0 Å². The topological polar surface area (TPSA) is 74.3 Å². The van der Waals surface area contributed by atoms with Crippen LogP contribution in [0.5, 0.6) is 0 Å². The van der Waals surface area contributed by atoms with Crippen molar-refractivity contribution < 1.29 is 28.5 Å². The van der Waals surface area contributed by atoms with Gasteiger partial charge in [-0.1, -0.05) is 60.7 Å². The van der Waals surface area contributed by atoms with Crippen LogP contribution >= 0.6 is 0 Å². The van der Waals surface area contributed by atoms with Crippen LogP contribution in [0.2, 0.25) is 0 Å². The number of hydrogen-bond acceptors (Lipinski definition) is 7. The third kappa shape index (κ3) is 8.16. The van der Waals surface area contributed by atoms with E-state index in [1.165, 1.54) is 0 Å². The van der Waals surface area contributed by atoms with Crippen LogP contribution in [0.1, 0.15) is 70.9 Å². The van der Waals surface area contributed by atoms with Crippen molar-refractivity contribution in [3.63, 3.8) is 0 Å². The lowest BCUT2D eigenvalue weighted by Crippen LogP contribution is -2.40. The van der Waals surface area contributed by atoms with Gasteiger partial charge in [-0.25, -0.2) is 9.59 Å². The number of rotatable bonds is 10. The number of benzene rings is 2. The second-order valence-electron chi connectivity index (χ2n) is 11.4. The summed E-state index contributed by atoms with van der Waals surface area (Å²) in [6.07, 6.45) is 3.01. The molecule has 2 heterocycles. The van der Waals surface area contributed by atoms with Crippen LogP contribution in [0.4, 0.5) is 0 Å². The summed E-state index contributed by atoms with van der Waals surface area (Å²) in [6.45, 7) is 9.40. The molecule has 7 nitrogen and oxygen atoms in total. The van der Waals surface area contributed by atoms with Crippen LogP contribution < -0.4 is 0 Å². The molecule has 0 aromatic heterocycles. The number of likely N-dealkylation sites (tertiary alicyclic amines) is 1. The summed E-state index contributed by atoms with van der Waals surface area (Å²) < 4.78 is 23.2. The van der Waals surface area contributed by atoms with Crippen LogP contribution in [0.25, 0.3) is 0 Å². The minimum Gasteiger partial charge on any atom is -0.458 e. The monoisotopic (exact) mass is 535 g/mol. The largest absolute Gasteiger partial charge is 0.458 e. The number of nitrogens with zero attached hydrogens (tertiary/aromatic N) is 1. The molecule has 39 heavy (non-hydrogen) atoms. The third-order valence-electron chi connectivity index (χ3n) is 7.02. The summed E-state index contributed by atoms with van der Waals surface area (Å²) in [5.74, 6) is -1.26. The zero-order valence-electron chi connectivity index (χ0n) is 23.6. The number of carbonyl (C=O) groups excluding carboxylic acids is 2. The van der Waals surface area contributed by atoms with E-state index in [9.17, 15) is 9.59 Å². The smallest absolute Gasteiger partial charge is 0.336 e. The predicted octanol–water partition coefficient (Wildman–Crippen LogP) is 5.92. The molecule has 2 fully saturated rings. The second kappa shape index (κ2) is 12.8. The van der Waals surface area contributed by atoms with E-state index in [1.807, 2.05) is 93.3 Å². The highest BCUT2D eigenvalue weighted by molar-refractivity contribution is 5.90. The Morgan fingerprint density at radius 1 is 0.974 bits per heavy atom. The Morgan fingerprint density at radius 3 is 2.21 bits per heavy atom. The van der Waals surface area contributed by atoms with Gasteiger partial charge >= 0.3 is 11.9 Å². The Kier molecular flexibility index (Phi) is 9.46. The molecule has 4 rings (SSSR count). The number of allylic oxidation sites excluding steroid dienone is 1. The maximum Gasteiger partial charge on any atom is 0.336 e. The lowest BCUT2D eigenvalue weighted by atomic mass is 10.0. The molecule has 0 bridgehead atoms. The molecule has 0 amide bonds. The fraction of sp³-hybridized carbons (Fsp3) is 0.500. The molecule has 1 unspecified atom stereocenters. The zero-order chi connectivity index (χ0) is 27.9. The fourth-order valence-electron chi connectivity index (χ4n) is 5.15. The molecule has 2 aliphatic rings. The Hall–Kier alpha value is -3.16. The van der Waals surface area contributed by atoms with Gasteiger partial charge in [0, 0.05) is 18.7 Å². The van der Waals surface area contributed by atoms with E-state index in [0.29, 0.717) is 57.4 Å². The molecule has 0 N–H and O–H groups in total. The van der Waals surface area contributed by atoms with Crippen molar-refractivity contribution in [2.45, 2.75) is 90.4 Å². The van der Waals surface area contributed by atoms with Crippen LogP contribution in [-0.2, 0) is 41.7 Å². The van der Waals surface area contributed by atoms with Crippen molar-refractivity contribution in [1.29, 1.82) is 0 Å². The van der Waals surface area contributed by atoms with Gasteiger partial charge in [0.1, 0.15) is 18.2 Å². The predicted molar refractivity (Wildman–Crippen MR) is 148 cm³/mol. The number of esters is 2. The lowest BCUT2D eigenvalue weighted by Gasteiger charge is -2.31. The van der Waals surface area contributed by atoms with E-state index in [4.69, 9.17) is 18.9 Å². The Labute approximate surface area is 232 Å². The first-order valence-corrected chi connectivity index (χ1v) is 13.9. The molecule has 0 aliphatic carbocycles. The number of carbonyl (C=O) groups is 2. The average molecular weight is 536 g/mol. The molecule has 2 aromatic rings. The summed E-state index contributed by atoms with van der Waals surface area (Å²) >= 11 is 0. The van der Waals surface area contributed by atoms with Crippen LogP contribution in [0, 0.1) is 0 Å². The van der Waals surface area contributed by atoms with Crippen molar-refractivity contribution in [1.82, 2.24) is 4.90 Å². The Morgan fingerprint density at radius 2 is 1.59 bits per heavy atom. The van der Waals surface area contributed by atoms with Crippen molar-refractivity contribution in [2.24, 2.45) is 0 Å². The normalized spacial score (nSPS) is 20.1. The summed E-state index contributed by atoms with van der Waals surface area (Å²) in [6, 6.07) is 19.2. The van der Waals surface area contributed by atoms with E-state index >= 15 is 0 Å². The Balaban J connectivity index is 1.62. The van der Waals surface area contributed by atoms with Crippen LogP contribution in [0.3, 0.4) is 0 Å². The molecule has 2 aliphatic heterocycles. The van der Waals surface area contributed by atoms with Crippen molar-refractivity contribution in [2.75, 3.05) is 13.2 Å². The lowest BCUT2D eigenvalue weighted by molar-refractivity contribution is -0.160. The third-order valence-corrected chi connectivity index (χ3v) is 7.02. The summed E-state index contributed by atoms with van der Waals surface area (Å²) in [4.78, 5) is 29.0. The summed E-state index contributed by atoms with van der Waals surface area (Å²) in [5, 5.41) is 0. The van der Waals surface area contributed by atoms with Gasteiger partial charge < -0.3 is 23.8 Å². The van der Waals surface area contributed by atoms with Crippen molar-refractivity contribution in [3.8, 4) is 0 Å². The van der Waals surface area contributed by atoms with Crippen LogP contribution in [-0.4, -0.2) is 47.5 Å². The standard InChI is InChI=1S/C32H41NO6/c1-31(2,3)39-30(35)28-18-17-27(33(28)22-24-12-7-5-8-13-24)26(16-11-19-32(4)37-20-21-38-32)29(34)36-23-25-14-9-6-10-15-25/h5-10,12-15,28H,11,16-23H2,1-4H3/b27-26-. The van der Waals surface area contributed by atoms with Gasteiger partial charge in [0.2, 0.25) is 0 Å². The highest BCUT2D eigenvalue weighted by Crippen LogP contribution is 2.36. The molecule has 1 atom stereocenters. The number of ether oxygens (including phenoxy) is 4. The minimum absolute atomic E-state index is 0.189. The first-order chi connectivity index (χ1) is 18.6. The second-order valence-corrected chi connectivity index (χ2v) is 11.4. The van der Waals surface area contributed by atoms with E-state index in [-0.39, 0.29) is 18.5 Å². The van der Waals surface area contributed by atoms with Crippen LogP contribution in [0.15, 0.2) is 71.9 Å². The quantitative estimate of drug-likeness (QED) is 0.276. The summed E-state index contributed by atoms with van der Waals surface area (Å²) in [5.41, 5.74) is 2.84. The molecule has 0 spiro atoms. The van der Waals surface area contributed by atoms with Crippen molar-refractivity contribution >= 4 is 11.9 Å². The highest BCUT2D eigenvalue weighted by Gasteiger charge is 2.39. The maximum absolute atomic E-state index is 13.6. The van der Waals surface area contributed by atoms with E-state index < -0.39 is 17.4 Å². The minimum atomic E-state index is -0.637. The first kappa shape index (κ1) is 28.8. The molecule has 210 valence electrons.